The second kappa shape index (κ2) is 6.77. The minimum atomic E-state index is 0.0529. The molecule has 0 saturated carbocycles. The van der Waals surface area contributed by atoms with Gasteiger partial charge in [-0.2, -0.15) is 0 Å². The Labute approximate surface area is 124 Å². The first-order valence-electron chi connectivity index (χ1n) is 6.82. The summed E-state index contributed by atoms with van der Waals surface area (Å²) < 4.78 is 5.23. The van der Waals surface area contributed by atoms with Gasteiger partial charge in [-0.15, -0.1) is 11.3 Å². The van der Waals surface area contributed by atoms with E-state index in [1.165, 1.54) is 4.88 Å². The van der Waals surface area contributed by atoms with E-state index >= 15 is 0 Å². The van der Waals surface area contributed by atoms with Crippen molar-refractivity contribution in [3.63, 3.8) is 0 Å². The van der Waals surface area contributed by atoms with E-state index < -0.39 is 0 Å². The number of aromatic hydroxyl groups is 1. The lowest BCUT2D eigenvalue weighted by atomic mass is 10.0. The Morgan fingerprint density at radius 2 is 2.15 bits per heavy atom. The molecule has 1 heterocycles. The Morgan fingerprint density at radius 1 is 1.35 bits per heavy atom. The van der Waals surface area contributed by atoms with Gasteiger partial charge >= 0.3 is 0 Å². The summed E-state index contributed by atoms with van der Waals surface area (Å²) in [6.07, 6.45) is 1.01. The normalized spacial score (nSPS) is 13.9. The Bertz CT molecular complexity index is 539. The molecule has 20 heavy (non-hydrogen) atoms. The molecular weight excluding hydrogens is 270 g/mol. The van der Waals surface area contributed by atoms with Crippen molar-refractivity contribution in [1.29, 1.82) is 0 Å². The van der Waals surface area contributed by atoms with Crippen LogP contribution in [0.1, 0.15) is 42.8 Å². The predicted octanol–water partition coefficient (Wildman–Crippen LogP) is 4.26. The lowest BCUT2D eigenvalue weighted by Crippen LogP contribution is -2.23. The zero-order valence-electron chi connectivity index (χ0n) is 12.1. The molecule has 0 aliphatic heterocycles. The van der Waals surface area contributed by atoms with Crippen LogP contribution in [0.4, 0.5) is 0 Å². The van der Waals surface area contributed by atoms with Crippen LogP contribution in [-0.4, -0.2) is 12.2 Å². The monoisotopic (exact) mass is 291 g/mol. The summed E-state index contributed by atoms with van der Waals surface area (Å²) in [5, 5.41) is 15.7. The van der Waals surface area contributed by atoms with Crippen molar-refractivity contribution in [2.75, 3.05) is 7.11 Å². The van der Waals surface area contributed by atoms with E-state index in [-0.39, 0.29) is 6.04 Å². The molecule has 0 saturated heterocycles. The second-order valence-corrected chi connectivity index (χ2v) is 5.77. The Morgan fingerprint density at radius 3 is 2.75 bits per heavy atom. The fourth-order valence-corrected chi connectivity index (χ4v) is 3.16. The van der Waals surface area contributed by atoms with Crippen LogP contribution >= 0.6 is 11.3 Å². The summed E-state index contributed by atoms with van der Waals surface area (Å²) in [5.74, 6) is 1.06. The first kappa shape index (κ1) is 14.9. The lowest BCUT2D eigenvalue weighted by molar-refractivity contribution is 0.402. The van der Waals surface area contributed by atoms with Crippen LogP contribution in [0.15, 0.2) is 35.7 Å². The van der Waals surface area contributed by atoms with Crippen molar-refractivity contribution in [3.8, 4) is 11.5 Å². The Balaban J connectivity index is 2.16. The second-order valence-electron chi connectivity index (χ2n) is 4.79. The summed E-state index contributed by atoms with van der Waals surface area (Å²) in [7, 11) is 1.63. The molecule has 108 valence electrons. The fraction of sp³-hybridized carbons (Fsp3) is 0.375. The standard InChI is InChI=1S/C16H21NO2S/c1-4-14(16-6-5-9-20-16)17-11(2)13-10-12(19-3)7-8-15(13)18/h5-11,14,17-18H,4H2,1-3H3. The Kier molecular flexibility index (Phi) is 5.04. The number of methoxy groups -OCH3 is 1. The van der Waals surface area contributed by atoms with Crippen molar-refractivity contribution in [1.82, 2.24) is 5.32 Å². The molecule has 0 radical (unpaired) electrons. The zero-order valence-corrected chi connectivity index (χ0v) is 12.9. The zero-order chi connectivity index (χ0) is 14.5. The molecule has 4 heteroatoms. The average molecular weight is 291 g/mol. The number of rotatable bonds is 6. The first-order valence-corrected chi connectivity index (χ1v) is 7.70. The van der Waals surface area contributed by atoms with Gasteiger partial charge in [0.25, 0.3) is 0 Å². The third-order valence-electron chi connectivity index (χ3n) is 3.45. The van der Waals surface area contributed by atoms with E-state index in [2.05, 4.69) is 36.7 Å². The largest absolute Gasteiger partial charge is 0.508 e. The third-order valence-corrected chi connectivity index (χ3v) is 4.43. The fourth-order valence-electron chi connectivity index (χ4n) is 2.29. The highest BCUT2D eigenvalue weighted by molar-refractivity contribution is 7.10. The van der Waals surface area contributed by atoms with Gasteiger partial charge in [0.15, 0.2) is 0 Å². The van der Waals surface area contributed by atoms with Crippen LogP contribution in [0.5, 0.6) is 11.5 Å². The highest BCUT2D eigenvalue weighted by Crippen LogP contribution is 2.31. The van der Waals surface area contributed by atoms with Crippen LogP contribution in [0, 0.1) is 0 Å². The van der Waals surface area contributed by atoms with Crippen molar-refractivity contribution in [3.05, 3.63) is 46.2 Å². The van der Waals surface area contributed by atoms with Crippen LogP contribution in [0.25, 0.3) is 0 Å². The van der Waals surface area contributed by atoms with Gasteiger partial charge in [-0.1, -0.05) is 13.0 Å². The minimum absolute atomic E-state index is 0.0529. The van der Waals surface area contributed by atoms with Gasteiger partial charge in [-0.3, -0.25) is 0 Å². The van der Waals surface area contributed by atoms with E-state index in [0.717, 1.165) is 17.7 Å². The Hall–Kier alpha value is -1.52. The SMILES string of the molecule is CCC(NC(C)c1cc(OC)ccc1O)c1cccs1. The summed E-state index contributed by atoms with van der Waals surface area (Å²) in [6, 6.07) is 9.89. The summed E-state index contributed by atoms with van der Waals surface area (Å²) in [5.41, 5.74) is 0.861. The van der Waals surface area contributed by atoms with Crippen molar-refractivity contribution >= 4 is 11.3 Å². The molecular formula is C16H21NO2S. The number of phenols is 1. The molecule has 0 fully saturated rings. The molecule has 1 aromatic heterocycles. The van der Waals surface area contributed by atoms with Crippen molar-refractivity contribution in [2.24, 2.45) is 0 Å². The summed E-state index contributed by atoms with van der Waals surface area (Å²) in [4.78, 5) is 1.32. The molecule has 2 atom stereocenters. The van der Waals surface area contributed by atoms with Gasteiger partial charge in [0.2, 0.25) is 0 Å². The van der Waals surface area contributed by atoms with Gasteiger partial charge in [0, 0.05) is 22.5 Å². The number of hydrogen-bond donors (Lipinski definition) is 2. The van der Waals surface area contributed by atoms with Crippen LogP contribution in [0.2, 0.25) is 0 Å². The molecule has 0 aliphatic rings. The number of nitrogens with one attached hydrogen (secondary N) is 1. The molecule has 2 N–H and O–H groups in total. The minimum Gasteiger partial charge on any atom is -0.508 e. The maximum Gasteiger partial charge on any atom is 0.120 e. The molecule has 2 rings (SSSR count). The van der Waals surface area contributed by atoms with E-state index in [9.17, 15) is 5.11 Å². The molecule has 1 aromatic carbocycles. The van der Waals surface area contributed by atoms with Gasteiger partial charge < -0.3 is 15.2 Å². The van der Waals surface area contributed by atoms with Crippen LogP contribution in [0.3, 0.4) is 0 Å². The summed E-state index contributed by atoms with van der Waals surface area (Å²) >= 11 is 1.75. The quantitative estimate of drug-likeness (QED) is 0.835. The van der Waals surface area contributed by atoms with E-state index in [1.54, 1.807) is 30.6 Å². The van der Waals surface area contributed by atoms with E-state index in [4.69, 9.17) is 4.74 Å². The molecule has 0 aliphatic carbocycles. The lowest BCUT2D eigenvalue weighted by Gasteiger charge is -2.22. The molecule has 2 aromatic rings. The van der Waals surface area contributed by atoms with E-state index in [0.29, 0.717) is 11.8 Å². The topological polar surface area (TPSA) is 41.5 Å². The molecule has 2 unspecified atom stereocenters. The summed E-state index contributed by atoms with van der Waals surface area (Å²) in [6.45, 7) is 4.22. The molecule has 3 nitrogen and oxygen atoms in total. The average Bonchev–Trinajstić information content (AvgIpc) is 2.99. The van der Waals surface area contributed by atoms with Crippen molar-refractivity contribution in [2.45, 2.75) is 32.4 Å². The predicted molar refractivity (Wildman–Crippen MR) is 83.6 cm³/mol. The number of thiophene rings is 1. The number of ether oxygens (including phenoxy) is 1. The van der Waals surface area contributed by atoms with E-state index in [1.807, 2.05) is 6.07 Å². The van der Waals surface area contributed by atoms with Crippen molar-refractivity contribution < 1.29 is 9.84 Å². The number of benzene rings is 1. The van der Waals surface area contributed by atoms with Gasteiger partial charge in [0.1, 0.15) is 11.5 Å². The van der Waals surface area contributed by atoms with Gasteiger partial charge in [0.05, 0.1) is 7.11 Å². The number of hydrogen-bond acceptors (Lipinski definition) is 4. The highest BCUT2D eigenvalue weighted by atomic mass is 32.1. The highest BCUT2D eigenvalue weighted by Gasteiger charge is 2.17. The maximum absolute atomic E-state index is 10.0. The number of phenolic OH excluding ortho intramolecular Hbond substituents is 1. The van der Waals surface area contributed by atoms with Crippen LogP contribution < -0.4 is 10.1 Å². The third kappa shape index (κ3) is 3.32. The van der Waals surface area contributed by atoms with Gasteiger partial charge in [-0.05, 0) is 43.0 Å². The molecule has 0 bridgehead atoms. The maximum atomic E-state index is 10.0. The smallest absolute Gasteiger partial charge is 0.120 e. The molecule has 0 amide bonds. The van der Waals surface area contributed by atoms with Gasteiger partial charge in [-0.25, -0.2) is 0 Å². The van der Waals surface area contributed by atoms with Crippen LogP contribution in [-0.2, 0) is 0 Å². The first-order chi connectivity index (χ1) is 9.65. The molecule has 0 spiro atoms.